The molecule has 112 valence electrons. The van der Waals surface area contributed by atoms with Crippen molar-refractivity contribution in [1.29, 1.82) is 0 Å². The van der Waals surface area contributed by atoms with Crippen molar-refractivity contribution in [3.63, 3.8) is 0 Å². The first-order valence-electron chi connectivity index (χ1n) is 7.22. The number of halogens is 1. The van der Waals surface area contributed by atoms with Gasteiger partial charge in [0, 0.05) is 18.0 Å². The number of Topliss-reactive ketones (excluding diaryl/α,β-unsaturated/α-hetero) is 1. The second-order valence-corrected chi connectivity index (χ2v) is 6.31. The van der Waals surface area contributed by atoms with Crippen molar-refractivity contribution in [3.05, 3.63) is 46.5 Å². The van der Waals surface area contributed by atoms with Gasteiger partial charge >= 0.3 is 0 Å². The van der Waals surface area contributed by atoms with E-state index in [1.165, 1.54) is 0 Å². The van der Waals surface area contributed by atoms with E-state index in [0.717, 1.165) is 24.2 Å². The maximum absolute atomic E-state index is 12.5. The number of nitrogens with zero attached hydrogens (tertiary/aromatic N) is 3. The summed E-state index contributed by atoms with van der Waals surface area (Å²) in [5.41, 5.74) is 2.51. The molecule has 0 spiro atoms. The summed E-state index contributed by atoms with van der Waals surface area (Å²) in [6, 6.07) is 5.20. The van der Waals surface area contributed by atoms with Crippen LogP contribution in [0.25, 0.3) is 5.69 Å². The molecule has 1 aromatic heterocycles. The van der Waals surface area contributed by atoms with Gasteiger partial charge < -0.3 is 4.90 Å². The average molecular weight is 316 g/mol. The van der Waals surface area contributed by atoms with Crippen molar-refractivity contribution in [2.45, 2.75) is 19.4 Å². The molecule has 6 heteroatoms. The number of carbonyl (C=O) groups is 2. The zero-order valence-electron chi connectivity index (χ0n) is 12.0. The Hall–Kier alpha value is -2.14. The number of ketones is 1. The van der Waals surface area contributed by atoms with Crippen LogP contribution in [0.5, 0.6) is 0 Å². The lowest BCUT2D eigenvalue weighted by Crippen LogP contribution is -2.25. The van der Waals surface area contributed by atoms with Crippen LogP contribution in [0.2, 0.25) is 5.02 Å². The Bertz CT molecular complexity index is 808. The van der Waals surface area contributed by atoms with E-state index in [2.05, 4.69) is 4.98 Å². The summed E-state index contributed by atoms with van der Waals surface area (Å²) in [4.78, 5) is 30.9. The Balaban J connectivity index is 1.92. The lowest BCUT2D eigenvalue weighted by atomic mass is 10.1. The molecule has 1 aliphatic heterocycles. The molecule has 0 atom stereocenters. The molecule has 4 rings (SSSR count). The number of carbonyl (C=O) groups excluding carboxylic acids is 2. The van der Waals surface area contributed by atoms with E-state index in [9.17, 15) is 9.59 Å². The zero-order chi connectivity index (χ0) is 15.4. The molecule has 0 saturated heterocycles. The van der Waals surface area contributed by atoms with E-state index >= 15 is 0 Å². The molecule has 1 aromatic carbocycles. The molecule has 1 fully saturated rings. The summed E-state index contributed by atoms with van der Waals surface area (Å²) in [6.45, 7) is 0.360. The van der Waals surface area contributed by atoms with Gasteiger partial charge in [-0.1, -0.05) is 11.6 Å². The quantitative estimate of drug-likeness (QED) is 0.801. The third-order valence-electron chi connectivity index (χ3n) is 4.23. The van der Waals surface area contributed by atoms with E-state index in [4.69, 9.17) is 11.6 Å². The van der Waals surface area contributed by atoms with Crippen molar-refractivity contribution in [1.82, 2.24) is 14.5 Å². The Kier molecular flexibility index (Phi) is 2.87. The smallest absolute Gasteiger partial charge is 0.256 e. The molecule has 1 amide bonds. The van der Waals surface area contributed by atoms with Gasteiger partial charge in [-0.05, 0) is 31.0 Å². The van der Waals surface area contributed by atoms with Crippen LogP contribution in [0.4, 0.5) is 0 Å². The molecule has 2 aliphatic rings. The van der Waals surface area contributed by atoms with Gasteiger partial charge in [0.1, 0.15) is 12.0 Å². The number of amides is 1. The van der Waals surface area contributed by atoms with Crippen molar-refractivity contribution in [2.24, 2.45) is 5.92 Å². The number of aromatic nitrogens is 2. The van der Waals surface area contributed by atoms with Crippen molar-refractivity contribution >= 4 is 23.3 Å². The first-order chi connectivity index (χ1) is 10.6. The zero-order valence-corrected chi connectivity index (χ0v) is 12.8. The van der Waals surface area contributed by atoms with Crippen LogP contribution in [0.1, 0.15) is 39.4 Å². The Morgan fingerprint density at radius 1 is 1.36 bits per heavy atom. The van der Waals surface area contributed by atoms with Gasteiger partial charge in [-0.2, -0.15) is 0 Å². The van der Waals surface area contributed by atoms with Gasteiger partial charge in [0.15, 0.2) is 5.78 Å². The molecule has 2 aromatic rings. The lowest BCUT2D eigenvalue weighted by molar-refractivity contribution is 0.0785. The summed E-state index contributed by atoms with van der Waals surface area (Å²) in [7, 11) is 1.72. The van der Waals surface area contributed by atoms with Crippen LogP contribution in [0.15, 0.2) is 24.5 Å². The molecule has 1 aliphatic carbocycles. The summed E-state index contributed by atoms with van der Waals surface area (Å²) >= 11 is 6.03. The minimum atomic E-state index is -0.106. The normalized spacial score (nSPS) is 17.0. The van der Waals surface area contributed by atoms with Gasteiger partial charge in [-0.25, -0.2) is 4.98 Å². The van der Waals surface area contributed by atoms with Crippen LogP contribution < -0.4 is 0 Å². The molecule has 0 unspecified atom stereocenters. The second-order valence-electron chi connectivity index (χ2n) is 5.87. The molecule has 0 bridgehead atoms. The van der Waals surface area contributed by atoms with Crippen LogP contribution >= 0.6 is 11.6 Å². The molecule has 2 heterocycles. The van der Waals surface area contributed by atoms with Crippen LogP contribution in [0, 0.1) is 5.92 Å². The number of rotatable bonds is 2. The van der Waals surface area contributed by atoms with Crippen LogP contribution in [-0.2, 0) is 6.54 Å². The van der Waals surface area contributed by atoms with E-state index < -0.39 is 0 Å². The maximum atomic E-state index is 12.5. The van der Waals surface area contributed by atoms with Gasteiger partial charge in [-0.3, -0.25) is 14.2 Å². The van der Waals surface area contributed by atoms with Gasteiger partial charge in [0.05, 0.1) is 23.5 Å². The monoisotopic (exact) mass is 315 g/mol. The highest BCUT2D eigenvalue weighted by Gasteiger charge is 2.35. The topological polar surface area (TPSA) is 55.2 Å². The lowest BCUT2D eigenvalue weighted by Gasteiger charge is -2.14. The third kappa shape index (κ3) is 1.96. The highest BCUT2D eigenvalue weighted by Crippen LogP contribution is 2.35. The first kappa shape index (κ1) is 13.5. The highest BCUT2D eigenvalue weighted by atomic mass is 35.5. The Morgan fingerprint density at radius 2 is 2.14 bits per heavy atom. The standard InChI is InChI=1S/C16H14ClN3O2/c1-19-7-13-14(15(21)9-2-3-9)18-8-20(13)12-5-4-10(17)6-11(12)16(19)22/h4-6,8-9H,2-3,7H2,1H3. The van der Waals surface area contributed by atoms with E-state index in [1.54, 1.807) is 36.5 Å². The number of benzene rings is 1. The maximum Gasteiger partial charge on any atom is 0.256 e. The van der Waals surface area contributed by atoms with Crippen LogP contribution in [-0.4, -0.2) is 33.2 Å². The number of imidazole rings is 1. The molecule has 0 N–H and O–H groups in total. The molecule has 1 saturated carbocycles. The minimum absolute atomic E-state index is 0.0898. The molecule has 5 nitrogen and oxygen atoms in total. The van der Waals surface area contributed by atoms with Gasteiger partial charge in [-0.15, -0.1) is 0 Å². The molecule has 22 heavy (non-hydrogen) atoms. The summed E-state index contributed by atoms with van der Waals surface area (Å²) in [5.74, 6) is 0.0894. The average Bonchev–Trinajstić information content (AvgIpc) is 3.28. The van der Waals surface area contributed by atoms with Crippen molar-refractivity contribution < 1.29 is 9.59 Å². The minimum Gasteiger partial charge on any atom is -0.336 e. The molecular weight excluding hydrogens is 302 g/mol. The Labute approximate surface area is 132 Å². The number of hydrogen-bond donors (Lipinski definition) is 0. The van der Waals surface area contributed by atoms with Crippen molar-refractivity contribution in [3.8, 4) is 5.69 Å². The first-order valence-corrected chi connectivity index (χ1v) is 7.60. The van der Waals surface area contributed by atoms with E-state index in [-0.39, 0.29) is 17.6 Å². The number of hydrogen-bond acceptors (Lipinski definition) is 3. The van der Waals surface area contributed by atoms with E-state index in [1.807, 2.05) is 4.57 Å². The molecule has 0 radical (unpaired) electrons. The largest absolute Gasteiger partial charge is 0.336 e. The van der Waals surface area contributed by atoms with E-state index in [0.29, 0.717) is 22.8 Å². The summed E-state index contributed by atoms with van der Waals surface area (Å²) < 4.78 is 1.84. The molecular formula is C16H14ClN3O2. The second kappa shape index (κ2) is 4.68. The Morgan fingerprint density at radius 3 is 2.86 bits per heavy atom. The summed E-state index contributed by atoms with van der Waals surface area (Å²) in [6.07, 6.45) is 3.50. The van der Waals surface area contributed by atoms with Crippen LogP contribution in [0.3, 0.4) is 0 Å². The van der Waals surface area contributed by atoms with Gasteiger partial charge in [0.2, 0.25) is 0 Å². The van der Waals surface area contributed by atoms with Gasteiger partial charge in [0.25, 0.3) is 5.91 Å². The van der Waals surface area contributed by atoms with Crippen molar-refractivity contribution in [2.75, 3.05) is 7.05 Å². The fourth-order valence-corrected chi connectivity index (χ4v) is 3.04. The summed E-state index contributed by atoms with van der Waals surface area (Å²) in [5, 5.41) is 0.512. The predicted molar refractivity (Wildman–Crippen MR) is 81.4 cm³/mol. The number of fused-ring (bicyclic) bond motifs is 3. The fraction of sp³-hybridized carbons (Fsp3) is 0.312. The third-order valence-corrected chi connectivity index (χ3v) is 4.47. The predicted octanol–water partition coefficient (Wildman–Crippen LogP) is 2.70. The highest BCUT2D eigenvalue weighted by molar-refractivity contribution is 6.31. The fourth-order valence-electron chi connectivity index (χ4n) is 2.87. The SMILES string of the molecule is CN1Cc2c(C(=O)C3CC3)ncn2-c2ccc(Cl)cc2C1=O.